The highest BCUT2D eigenvalue weighted by atomic mass is 35.5. The number of halogens is 2. The van der Waals surface area contributed by atoms with Crippen LogP contribution in [0.4, 0.5) is 5.82 Å². The van der Waals surface area contributed by atoms with Crippen molar-refractivity contribution in [2.45, 2.75) is 38.1 Å². The number of nitrogens with one attached hydrogen (secondary N) is 1. The predicted octanol–water partition coefficient (Wildman–Crippen LogP) is 2.94. The molecule has 5 rings (SSSR count). The van der Waals surface area contributed by atoms with E-state index in [1.165, 1.54) is 37.1 Å². The van der Waals surface area contributed by atoms with Gasteiger partial charge in [0.05, 0.1) is 12.0 Å². The molecule has 0 spiro atoms. The first-order valence-electron chi connectivity index (χ1n) is 10.0. The molecule has 154 valence electrons. The first-order valence-corrected chi connectivity index (χ1v) is 10.0. The Morgan fingerprint density at radius 1 is 1.04 bits per heavy atom. The monoisotopic (exact) mass is 425 g/mol. The second-order valence-corrected chi connectivity index (χ2v) is 7.65. The van der Waals surface area contributed by atoms with Crippen LogP contribution in [-0.2, 0) is 12.8 Å². The highest BCUT2D eigenvalue weighted by molar-refractivity contribution is 5.85. The van der Waals surface area contributed by atoms with Crippen molar-refractivity contribution in [1.29, 1.82) is 0 Å². The number of hydrogen-bond donors (Lipinski definition) is 1. The summed E-state index contributed by atoms with van der Waals surface area (Å²) in [5.74, 6) is 2.65. The molecule has 3 aliphatic heterocycles. The molecular weight excluding hydrogens is 397 g/mol. The molecule has 28 heavy (non-hydrogen) atoms. The van der Waals surface area contributed by atoms with Crippen molar-refractivity contribution in [1.82, 2.24) is 20.2 Å². The van der Waals surface area contributed by atoms with E-state index in [4.69, 9.17) is 14.4 Å². The minimum Gasteiger partial charge on any atom is -0.461 e. The number of furan rings is 1. The maximum absolute atomic E-state index is 5.60. The van der Waals surface area contributed by atoms with E-state index in [-0.39, 0.29) is 24.8 Å². The van der Waals surface area contributed by atoms with E-state index in [2.05, 4.69) is 15.1 Å². The maximum atomic E-state index is 5.60. The minimum absolute atomic E-state index is 0. The van der Waals surface area contributed by atoms with Crippen molar-refractivity contribution in [3.05, 3.63) is 29.7 Å². The van der Waals surface area contributed by atoms with Gasteiger partial charge in [-0.05, 0) is 44.5 Å². The molecule has 2 aromatic rings. The van der Waals surface area contributed by atoms with E-state index >= 15 is 0 Å². The second-order valence-electron chi connectivity index (χ2n) is 7.65. The molecule has 6 nitrogen and oxygen atoms in total. The van der Waals surface area contributed by atoms with Gasteiger partial charge in [0.2, 0.25) is 0 Å². The summed E-state index contributed by atoms with van der Waals surface area (Å²) in [4.78, 5) is 15.1. The summed E-state index contributed by atoms with van der Waals surface area (Å²) in [6, 6.07) is 4.55. The number of fused-ring (bicyclic) bond motifs is 2. The summed E-state index contributed by atoms with van der Waals surface area (Å²) in [5, 5.41) is 3.51. The van der Waals surface area contributed by atoms with E-state index in [1.807, 2.05) is 12.1 Å². The molecule has 0 saturated carbocycles. The lowest BCUT2D eigenvalue weighted by Gasteiger charge is -2.45. The van der Waals surface area contributed by atoms with Gasteiger partial charge in [0.1, 0.15) is 5.82 Å². The topological polar surface area (TPSA) is 57.4 Å². The number of nitrogens with zero attached hydrogens (tertiary/aromatic N) is 4. The molecule has 2 fully saturated rings. The van der Waals surface area contributed by atoms with Gasteiger partial charge in [-0.3, -0.25) is 4.90 Å². The van der Waals surface area contributed by atoms with Crippen molar-refractivity contribution < 1.29 is 4.42 Å². The number of piperazine rings is 1. The van der Waals surface area contributed by atoms with Gasteiger partial charge in [-0.1, -0.05) is 6.42 Å². The van der Waals surface area contributed by atoms with Gasteiger partial charge in [0.15, 0.2) is 11.6 Å². The van der Waals surface area contributed by atoms with Crippen LogP contribution >= 0.6 is 24.8 Å². The van der Waals surface area contributed by atoms with Crippen LogP contribution in [0.1, 0.15) is 30.5 Å². The standard InChI is InChI=1S/C20H27N5O.2ClH/c1-2-10-24-11-12-25(14-15(24)4-1)20-16-6-8-21-9-7-17(16)22-19(23-20)18-5-3-13-26-18;;/h3,5,13,15,21H,1-2,4,6-12,14H2;2*1H. The van der Waals surface area contributed by atoms with Gasteiger partial charge >= 0.3 is 0 Å². The van der Waals surface area contributed by atoms with Gasteiger partial charge in [-0.15, -0.1) is 24.8 Å². The fraction of sp³-hybridized carbons (Fsp3) is 0.600. The van der Waals surface area contributed by atoms with E-state index in [0.717, 1.165) is 63.0 Å². The predicted molar refractivity (Wildman–Crippen MR) is 116 cm³/mol. The Bertz CT molecular complexity index is 770. The zero-order valence-electron chi connectivity index (χ0n) is 16.1. The highest BCUT2D eigenvalue weighted by Crippen LogP contribution is 2.30. The molecule has 1 unspecified atom stereocenters. The summed E-state index contributed by atoms with van der Waals surface area (Å²) in [6.07, 6.45) is 7.70. The van der Waals surface area contributed by atoms with E-state index in [1.54, 1.807) is 6.26 Å². The van der Waals surface area contributed by atoms with E-state index in [0.29, 0.717) is 6.04 Å². The molecule has 1 atom stereocenters. The van der Waals surface area contributed by atoms with Gasteiger partial charge in [0.25, 0.3) is 0 Å². The van der Waals surface area contributed by atoms with E-state index in [9.17, 15) is 0 Å². The van der Waals surface area contributed by atoms with Crippen molar-refractivity contribution in [3.63, 3.8) is 0 Å². The van der Waals surface area contributed by atoms with Gasteiger partial charge in [0, 0.05) is 44.2 Å². The van der Waals surface area contributed by atoms with E-state index < -0.39 is 0 Å². The minimum atomic E-state index is 0. The van der Waals surface area contributed by atoms with Gasteiger partial charge < -0.3 is 14.6 Å². The number of hydrogen-bond acceptors (Lipinski definition) is 6. The summed E-state index contributed by atoms with van der Waals surface area (Å²) in [7, 11) is 0. The Morgan fingerprint density at radius 2 is 1.93 bits per heavy atom. The van der Waals surface area contributed by atoms with Crippen LogP contribution in [0.2, 0.25) is 0 Å². The number of piperidine rings is 1. The average Bonchev–Trinajstić information content (AvgIpc) is 3.12. The molecule has 0 radical (unpaired) electrons. The van der Waals surface area contributed by atoms with Crippen molar-refractivity contribution in [2.24, 2.45) is 0 Å². The first kappa shape index (κ1) is 21.4. The lowest BCUT2D eigenvalue weighted by molar-refractivity contribution is 0.133. The molecule has 3 aliphatic rings. The van der Waals surface area contributed by atoms with Crippen LogP contribution < -0.4 is 10.2 Å². The number of rotatable bonds is 2. The Labute approximate surface area is 178 Å². The molecule has 2 aromatic heterocycles. The summed E-state index contributed by atoms with van der Waals surface area (Å²) >= 11 is 0. The fourth-order valence-electron chi connectivity index (χ4n) is 4.65. The third kappa shape index (κ3) is 4.15. The summed E-state index contributed by atoms with van der Waals surface area (Å²) in [6.45, 7) is 6.56. The zero-order chi connectivity index (χ0) is 17.3. The number of anilines is 1. The van der Waals surface area contributed by atoms with Gasteiger partial charge in [-0.25, -0.2) is 9.97 Å². The Kier molecular flexibility index (Phi) is 7.20. The Balaban J connectivity index is 0.00000112. The molecule has 0 aliphatic carbocycles. The lowest BCUT2D eigenvalue weighted by atomic mass is 9.99. The molecule has 0 bridgehead atoms. The summed E-state index contributed by atoms with van der Waals surface area (Å²) in [5.41, 5.74) is 2.53. The third-order valence-electron chi connectivity index (χ3n) is 6.04. The van der Waals surface area contributed by atoms with Crippen LogP contribution in [0.5, 0.6) is 0 Å². The second kappa shape index (κ2) is 9.44. The van der Waals surface area contributed by atoms with Crippen molar-refractivity contribution >= 4 is 30.6 Å². The Morgan fingerprint density at radius 3 is 2.79 bits per heavy atom. The number of aromatic nitrogens is 2. The molecule has 8 heteroatoms. The smallest absolute Gasteiger partial charge is 0.197 e. The molecular formula is C20H29Cl2N5O. The van der Waals surface area contributed by atoms with Crippen molar-refractivity contribution in [3.8, 4) is 11.6 Å². The quantitative estimate of drug-likeness (QED) is 0.797. The maximum Gasteiger partial charge on any atom is 0.197 e. The van der Waals surface area contributed by atoms with Crippen molar-refractivity contribution in [2.75, 3.05) is 44.2 Å². The van der Waals surface area contributed by atoms with Crippen LogP contribution in [-0.4, -0.2) is 60.2 Å². The van der Waals surface area contributed by atoms with Gasteiger partial charge in [-0.2, -0.15) is 0 Å². The Hall–Kier alpha value is -1.34. The average molecular weight is 426 g/mol. The fourth-order valence-corrected chi connectivity index (χ4v) is 4.65. The highest BCUT2D eigenvalue weighted by Gasteiger charge is 2.31. The van der Waals surface area contributed by atoms with Crippen LogP contribution in [0.25, 0.3) is 11.6 Å². The third-order valence-corrected chi connectivity index (χ3v) is 6.04. The van der Waals surface area contributed by atoms with Crippen LogP contribution in [0.15, 0.2) is 22.8 Å². The first-order chi connectivity index (χ1) is 12.9. The SMILES string of the molecule is Cl.Cl.c1coc(-c2nc3c(c(N4CCN5CCCCC5C4)n2)CCNCC3)c1. The largest absolute Gasteiger partial charge is 0.461 e. The normalized spacial score (nSPS) is 22.3. The summed E-state index contributed by atoms with van der Waals surface area (Å²) < 4.78 is 5.60. The lowest BCUT2D eigenvalue weighted by Crippen LogP contribution is -2.55. The van der Waals surface area contributed by atoms with Crippen LogP contribution in [0, 0.1) is 0 Å². The molecule has 0 amide bonds. The molecule has 1 N–H and O–H groups in total. The zero-order valence-corrected chi connectivity index (χ0v) is 17.7. The molecule has 2 saturated heterocycles. The molecule has 0 aromatic carbocycles. The van der Waals surface area contributed by atoms with Crippen LogP contribution in [0.3, 0.4) is 0 Å². The molecule has 5 heterocycles.